The normalized spacial score (nSPS) is 16.3. The first-order chi connectivity index (χ1) is 13.3. The van der Waals surface area contributed by atoms with E-state index in [1.54, 1.807) is 6.92 Å². The molecule has 2 N–H and O–H groups in total. The van der Waals surface area contributed by atoms with Crippen molar-refractivity contribution in [2.75, 3.05) is 19.1 Å². The molecule has 2 unspecified atom stereocenters. The van der Waals surface area contributed by atoms with Gasteiger partial charge in [0.25, 0.3) is 0 Å². The van der Waals surface area contributed by atoms with Crippen molar-refractivity contribution in [3.05, 3.63) is 44.2 Å². The zero-order valence-corrected chi connectivity index (χ0v) is 18.5. The van der Waals surface area contributed by atoms with Crippen molar-refractivity contribution in [2.45, 2.75) is 64.5 Å². The van der Waals surface area contributed by atoms with Gasteiger partial charge in [-0.3, -0.25) is 9.18 Å². The maximum absolute atomic E-state index is 11.2. The number of unbranched alkanes of at least 4 members (excludes halogenated alkanes) is 1. The number of carboxylic acids is 1. The van der Waals surface area contributed by atoms with Crippen LogP contribution in [0.5, 0.6) is 0 Å². The van der Waals surface area contributed by atoms with E-state index >= 15 is 0 Å². The minimum Gasteiger partial charge on any atom is -0.481 e. The van der Waals surface area contributed by atoms with E-state index in [4.69, 9.17) is 5.11 Å². The van der Waals surface area contributed by atoms with Gasteiger partial charge >= 0.3 is 24.8 Å². The maximum atomic E-state index is 11.2. The van der Waals surface area contributed by atoms with Gasteiger partial charge in [-0.1, -0.05) is 19.4 Å². The third kappa shape index (κ3) is 13.7. The van der Waals surface area contributed by atoms with E-state index in [0.29, 0.717) is 12.5 Å². The van der Waals surface area contributed by atoms with Crippen LogP contribution in [0, 0.1) is 26.7 Å². The predicted molar refractivity (Wildman–Crippen MR) is 113 cm³/mol. The van der Waals surface area contributed by atoms with E-state index in [0.717, 1.165) is 31.5 Å². The van der Waals surface area contributed by atoms with Crippen LogP contribution in [-0.4, -0.2) is 42.0 Å². The number of rotatable bonds is 7. The Morgan fingerprint density at radius 2 is 2.10 bits per heavy atom. The molecule has 1 aliphatic rings. The van der Waals surface area contributed by atoms with E-state index in [-0.39, 0.29) is 24.8 Å². The summed E-state index contributed by atoms with van der Waals surface area (Å²) in [6.07, 6.45) is 5.52. The van der Waals surface area contributed by atoms with E-state index < -0.39 is 18.7 Å². The number of carbonyl (C=O) groups is 1. The van der Waals surface area contributed by atoms with E-state index in [1.165, 1.54) is 24.8 Å². The second-order valence-corrected chi connectivity index (χ2v) is 6.89. The van der Waals surface area contributed by atoms with Gasteiger partial charge in [-0.15, -0.1) is 0 Å². The van der Waals surface area contributed by atoms with Crippen molar-refractivity contribution in [1.29, 1.82) is 0 Å². The molecular formula is C22H36FLiN2O3-2. The number of nitrogens with zero attached hydrogens (tertiary/aromatic N) is 1. The SMILES string of the molecule is [CH2-]C(CF)OC.[CH2-]CCCc1ccc2c(n1)NC(C)CC2.[CH2-]C[C@H](C)C(=O)O.[Li+]. The maximum Gasteiger partial charge on any atom is 1.00 e. The molecule has 0 saturated heterocycles. The molecule has 1 aromatic rings. The first kappa shape index (κ1) is 30.1. The van der Waals surface area contributed by atoms with Crippen LogP contribution in [0.1, 0.15) is 50.8 Å². The molecule has 0 fully saturated rings. The van der Waals surface area contributed by atoms with Gasteiger partial charge in [-0.25, -0.2) is 4.98 Å². The topological polar surface area (TPSA) is 71.5 Å². The third-order valence-electron chi connectivity index (χ3n) is 4.31. The number of hydrogen-bond acceptors (Lipinski definition) is 4. The molecule has 29 heavy (non-hydrogen) atoms. The molecule has 1 aliphatic heterocycles. The van der Waals surface area contributed by atoms with E-state index in [2.05, 4.69) is 54.9 Å². The van der Waals surface area contributed by atoms with Crippen molar-refractivity contribution in [3.63, 3.8) is 0 Å². The van der Waals surface area contributed by atoms with E-state index in [1.807, 2.05) is 0 Å². The number of hydrogen-bond donors (Lipinski definition) is 2. The fourth-order valence-electron chi connectivity index (χ4n) is 2.16. The van der Waals surface area contributed by atoms with Crippen LogP contribution in [0.15, 0.2) is 12.1 Å². The average molecular weight is 402 g/mol. The fourth-order valence-corrected chi connectivity index (χ4v) is 2.16. The molecule has 2 rings (SSSR count). The number of fused-ring (bicyclic) bond motifs is 1. The summed E-state index contributed by atoms with van der Waals surface area (Å²) in [5.41, 5.74) is 2.56. The number of anilines is 1. The Kier molecular flexibility index (Phi) is 18.4. The Morgan fingerprint density at radius 3 is 2.52 bits per heavy atom. The minimum absolute atomic E-state index is 0. The summed E-state index contributed by atoms with van der Waals surface area (Å²) in [7, 11) is 1.43. The zero-order valence-electron chi connectivity index (χ0n) is 18.5. The summed E-state index contributed by atoms with van der Waals surface area (Å²) in [6.45, 7) is 13.9. The van der Waals surface area contributed by atoms with Gasteiger partial charge in [0.2, 0.25) is 0 Å². The Hall–Kier alpha value is -1.09. The first-order valence-electron chi connectivity index (χ1n) is 9.77. The summed E-state index contributed by atoms with van der Waals surface area (Å²) in [5.74, 6) is 0.0466. The minimum atomic E-state index is -0.769. The summed E-state index contributed by atoms with van der Waals surface area (Å²) in [5, 5.41) is 11.6. The molecule has 0 aliphatic carbocycles. The number of carboxylic acid groups (broad SMARTS) is 1. The number of pyridine rings is 1. The Labute approximate surface area is 188 Å². The number of methoxy groups -OCH3 is 1. The largest absolute Gasteiger partial charge is 1.00 e. The van der Waals surface area contributed by atoms with Gasteiger partial charge in [0.05, 0.1) is 6.67 Å². The van der Waals surface area contributed by atoms with Crippen molar-refractivity contribution < 1.29 is 37.9 Å². The van der Waals surface area contributed by atoms with Gasteiger partial charge in [0, 0.05) is 24.8 Å². The fraction of sp³-hybridized carbons (Fsp3) is 0.591. The van der Waals surface area contributed by atoms with Crippen LogP contribution < -0.4 is 24.2 Å². The summed E-state index contributed by atoms with van der Waals surface area (Å²) >= 11 is 0. The van der Waals surface area contributed by atoms with Crippen LogP contribution in [0.25, 0.3) is 0 Å². The summed E-state index contributed by atoms with van der Waals surface area (Å²) in [6, 6.07) is 4.94. The molecule has 7 heteroatoms. The van der Waals surface area contributed by atoms with Crippen LogP contribution in [0.3, 0.4) is 0 Å². The third-order valence-corrected chi connectivity index (χ3v) is 4.31. The molecule has 0 bridgehead atoms. The monoisotopic (exact) mass is 402 g/mol. The number of halogens is 1. The molecule has 5 nitrogen and oxygen atoms in total. The molecule has 0 saturated carbocycles. The number of aryl methyl sites for hydroxylation is 2. The van der Waals surface area contributed by atoms with Gasteiger partial charge in [0.15, 0.2) is 0 Å². The molecule has 162 valence electrons. The Bertz CT molecular complexity index is 557. The number of aromatic nitrogens is 1. The van der Waals surface area contributed by atoms with Crippen molar-refractivity contribution in [2.24, 2.45) is 5.92 Å². The summed E-state index contributed by atoms with van der Waals surface area (Å²) < 4.78 is 15.6. The number of alkyl halides is 1. The predicted octanol–water partition coefficient (Wildman–Crippen LogP) is 1.73. The smallest absolute Gasteiger partial charge is 0.481 e. The Balaban J connectivity index is 0. The van der Waals surface area contributed by atoms with E-state index in [9.17, 15) is 9.18 Å². The molecule has 0 radical (unpaired) electrons. The molecule has 2 heterocycles. The second kappa shape index (κ2) is 17.7. The molecule has 0 spiro atoms. The average Bonchev–Trinajstić information content (AvgIpc) is 2.71. The summed E-state index contributed by atoms with van der Waals surface area (Å²) in [4.78, 5) is 14.6. The second-order valence-electron chi connectivity index (χ2n) is 6.89. The van der Waals surface area contributed by atoms with Crippen molar-refractivity contribution in [3.8, 4) is 0 Å². The van der Waals surface area contributed by atoms with Crippen LogP contribution in [-0.2, 0) is 22.4 Å². The molecular weight excluding hydrogens is 366 g/mol. The zero-order chi connectivity index (χ0) is 21.5. The van der Waals surface area contributed by atoms with Gasteiger partial charge in [-0.2, -0.15) is 12.8 Å². The van der Waals surface area contributed by atoms with Crippen LogP contribution in [0.2, 0.25) is 0 Å². The van der Waals surface area contributed by atoms with Gasteiger partial charge in [0.1, 0.15) is 5.82 Å². The number of aliphatic carboxylic acids is 1. The van der Waals surface area contributed by atoms with Crippen LogP contribution in [0.4, 0.5) is 10.2 Å². The van der Waals surface area contributed by atoms with Crippen LogP contribution >= 0.6 is 0 Å². The molecule has 0 amide bonds. The standard InChI is InChI=1S/C13H19N2.C5H9O2.C4H8FO.Li/c1-3-4-5-12-9-8-11-7-6-10(2)14-13(11)15-12;1-3-4(2)5(6)7;1-4(3-5)6-2;/h8-10H,1,3-7H2,2H3,(H,14,15);4H,1,3H2,2H3,(H,6,7);4H,1,3H2,2H3;/q3*-1;+1/t;4-;;/m.0../s1. The van der Waals surface area contributed by atoms with Gasteiger partial charge in [-0.05, 0) is 43.9 Å². The molecule has 3 atom stereocenters. The van der Waals surface area contributed by atoms with Crippen molar-refractivity contribution in [1.82, 2.24) is 4.98 Å². The first-order valence-corrected chi connectivity index (χ1v) is 9.77. The quantitative estimate of drug-likeness (QED) is 0.537. The number of nitrogens with one attached hydrogen (secondary N) is 1. The van der Waals surface area contributed by atoms with Gasteiger partial charge < -0.3 is 35.9 Å². The Morgan fingerprint density at radius 1 is 1.45 bits per heavy atom. The van der Waals surface area contributed by atoms with Crippen molar-refractivity contribution >= 4 is 11.8 Å². The number of ether oxygens (including phenoxy) is 1. The molecule has 1 aromatic heterocycles. The molecule has 0 aromatic carbocycles.